The van der Waals surface area contributed by atoms with Gasteiger partial charge in [0.2, 0.25) is 0 Å². The first-order valence-corrected chi connectivity index (χ1v) is 6.24. The molecule has 0 fully saturated rings. The normalized spacial score (nSPS) is 12.6. The van der Waals surface area contributed by atoms with Gasteiger partial charge >= 0.3 is 0 Å². The smallest absolute Gasteiger partial charge is 0.127 e. The summed E-state index contributed by atoms with van der Waals surface area (Å²) in [5.41, 5.74) is 7.23. The lowest BCUT2D eigenvalue weighted by molar-refractivity contribution is 0.245. The van der Waals surface area contributed by atoms with Gasteiger partial charge in [0.05, 0.1) is 5.69 Å². The van der Waals surface area contributed by atoms with Crippen LogP contribution in [-0.4, -0.2) is 16.9 Å². The summed E-state index contributed by atoms with van der Waals surface area (Å²) in [4.78, 5) is 6.30. The average molecular weight is 259 g/mol. The van der Waals surface area contributed by atoms with Gasteiger partial charge in [0.1, 0.15) is 11.6 Å². The van der Waals surface area contributed by atoms with E-state index in [4.69, 9.17) is 5.73 Å². The molecule has 0 saturated heterocycles. The van der Waals surface area contributed by atoms with Crippen LogP contribution in [0.4, 0.5) is 10.2 Å². The van der Waals surface area contributed by atoms with Crippen molar-refractivity contribution in [2.75, 3.05) is 12.8 Å². The molecule has 0 aliphatic heterocycles. The zero-order chi connectivity index (χ0) is 13.8. The molecule has 19 heavy (non-hydrogen) atoms. The fourth-order valence-corrected chi connectivity index (χ4v) is 2.03. The molecule has 0 amide bonds. The number of nitrogen functional groups attached to an aromatic ring is 1. The van der Waals surface area contributed by atoms with Gasteiger partial charge in [-0.05, 0) is 32.2 Å². The Morgan fingerprint density at radius 1 is 1.21 bits per heavy atom. The van der Waals surface area contributed by atoms with E-state index in [1.807, 2.05) is 43.1 Å². The van der Waals surface area contributed by atoms with Gasteiger partial charge in [-0.25, -0.2) is 9.37 Å². The van der Waals surface area contributed by atoms with Crippen molar-refractivity contribution in [3.05, 3.63) is 59.5 Å². The summed E-state index contributed by atoms with van der Waals surface area (Å²) < 4.78 is 13.7. The molecule has 0 radical (unpaired) electrons. The second kappa shape index (κ2) is 5.80. The molecule has 1 heterocycles. The summed E-state index contributed by atoms with van der Waals surface area (Å²) in [6, 6.07) is 12.4. The molecule has 1 unspecified atom stereocenters. The molecule has 1 aromatic carbocycles. The first kappa shape index (κ1) is 13.5. The van der Waals surface area contributed by atoms with E-state index >= 15 is 0 Å². The van der Waals surface area contributed by atoms with Crippen molar-refractivity contribution in [1.82, 2.24) is 9.88 Å². The lowest BCUT2D eigenvalue weighted by Crippen LogP contribution is -2.23. The summed E-state index contributed by atoms with van der Waals surface area (Å²) in [6.45, 7) is 2.60. The first-order chi connectivity index (χ1) is 9.08. The van der Waals surface area contributed by atoms with Gasteiger partial charge in [-0.1, -0.05) is 24.3 Å². The molecule has 0 spiro atoms. The van der Waals surface area contributed by atoms with Crippen molar-refractivity contribution in [2.45, 2.75) is 19.5 Å². The summed E-state index contributed by atoms with van der Waals surface area (Å²) >= 11 is 0. The highest BCUT2D eigenvalue weighted by molar-refractivity contribution is 5.29. The van der Waals surface area contributed by atoms with Crippen molar-refractivity contribution in [3.8, 4) is 0 Å². The fourth-order valence-electron chi connectivity index (χ4n) is 2.03. The predicted octanol–water partition coefficient (Wildman–Crippen LogP) is 3.00. The number of nitrogens with two attached hydrogens (primary N) is 1. The van der Waals surface area contributed by atoms with Crippen LogP contribution in [0.25, 0.3) is 0 Å². The van der Waals surface area contributed by atoms with Crippen LogP contribution in [0.5, 0.6) is 0 Å². The van der Waals surface area contributed by atoms with Crippen molar-refractivity contribution < 1.29 is 4.39 Å². The largest absolute Gasteiger partial charge is 0.384 e. The van der Waals surface area contributed by atoms with Gasteiger partial charge in [0.25, 0.3) is 0 Å². The van der Waals surface area contributed by atoms with Crippen LogP contribution in [0.1, 0.15) is 24.2 Å². The van der Waals surface area contributed by atoms with Gasteiger partial charge in [0, 0.05) is 18.2 Å². The number of hydrogen-bond acceptors (Lipinski definition) is 3. The fraction of sp³-hybridized carbons (Fsp3) is 0.267. The van der Waals surface area contributed by atoms with E-state index in [1.165, 1.54) is 6.07 Å². The third-order valence-corrected chi connectivity index (χ3v) is 3.26. The maximum atomic E-state index is 13.7. The third-order valence-electron chi connectivity index (χ3n) is 3.26. The Morgan fingerprint density at radius 2 is 1.95 bits per heavy atom. The summed E-state index contributed by atoms with van der Waals surface area (Å²) in [5, 5.41) is 0. The summed E-state index contributed by atoms with van der Waals surface area (Å²) in [7, 11) is 1.95. The topological polar surface area (TPSA) is 42.1 Å². The molecule has 0 aliphatic carbocycles. The van der Waals surface area contributed by atoms with E-state index < -0.39 is 0 Å². The summed E-state index contributed by atoms with van der Waals surface area (Å²) in [5.74, 6) is 0.326. The second-order valence-electron chi connectivity index (χ2n) is 4.67. The molecule has 2 rings (SSSR count). The van der Waals surface area contributed by atoms with Crippen molar-refractivity contribution in [2.24, 2.45) is 0 Å². The lowest BCUT2D eigenvalue weighted by atomic mass is 10.1. The molecular weight excluding hydrogens is 241 g/mol. The van der Waals surface area contributed by atoms with E-state index in [0.717, 1.165) is 5.69 Å². The Kier molecular flexibility index (Phi) is 4.12. The molecule has 2 aromatic rings. The quantitative estimate of drug-likeness (QED) is 0.917. The number of halogens is 1. The zero-order valence-corrected chi connectivity index (χ0v) is 11.2. The number of benzene rings is 1. The van der Waals surface area contributed by atoms with E-state index in [9.17, 15) is 4.39 Å². The number of anilines is 1. The van der Waals surface area contributed by atoms with Gasteiger partial charge < -0.3 is 5.73 Å². The Hall–Kier alpha value is -1.94. The molecule has 0 saturated carbocycles. The van der Waals surface area contributed by atoms with Crippen molar-refractivity contribution in [3.63, 3.8) is 0 Å². The average Bonchev–Trinajstić information content (AvgIpc) is 2.38. The number of nitrogens with zero attached hydrogens (tertiary/aromatic N) is 2. The standard InChI is InChI=1S/C15H18FN3/c1-11(13-7-3-4-8-14(13)16)19(2)10-12-6-5-9-15(17)18-12/h3-9,11H,10H2,1-2H3,(H2,17,18). The highest BCUT2D eigenvalue weighted by Crippen LogP contribution is 2.22. The van der Waals surface area contributed by atoms with Crippen LogP contribution in [0.2, 0.25) is 0 Å². The number of aromatic nitrogens is 1. The lowest BCUT2D eigenvalue weighted by Gasteiger charge is -2.25. The molecule has 3 nitrogen and oxygen atoms in total. The highest BCUT2D eigenvalue weighted by atomic mass is 19.1. The van der Waals surface area contributed by atoms with E-state index in [1.54, 1.807) is 12.1 Å². The molecule has 1 atom stereocenters. The number of hydrogen-bond donors (Lipinski definition) is 1. The van der Waals surface area contributed by atoms with Gasteiger partial charge in [-0.15, -0.1) is 0 Å². The van der Waals surface area contributed by atoms with E-state index in [2.05, 4.69) is 4.98 Å². The van der Waals surface area contributed by atoms with Crippen molar-refractivity contribution >= 4 is 5.82 Å². The van der Waals surface area contributed by atoms with Gasteiger partial charge in [0.15, 0.2) is 0 Å². The zero-order valence-electron chi connectivity index (χ0n) is 11.2. The Labute approximate surface area is 112 Å². The minimum atomic E-state index is -0.178. The van der Waals surface area contributed by atoms with Crippen LogP contribution in [0, 0.1) is 5.82 Å². The van der Waals surface area contributed by atoms with Crippen LogP contribution >= 0.6 is 0 Å². The Morgan fingerprint density at radius 3 is 2.63 bits per heavy atom. The second-order valence-corrected chi connectivity index (χ2v) is 4.67. The van der Waals surface area contributed by atoms with Crippen LogP contribution in [0.3, 0.4) is 0 Å². The molecule has 2 N–H and O–H groups in total. The minimum absolute atomic E-state index is 0.0237. The van der Waals surface area contributed by atoms with Gasteiger partial charge in [-0.3, -0.25) is 4.90 Å². The molecule has 4 heteroatoms. The third kappa shape index (κ3) is 3.29. The first-order valence-electron chi connectivity index (χ1n) is 6.24. The van der Waals surface area contributed by atoms with E-state index in [-0.39, 0.29) is 11.9 Å². The van der Waals surface area contributed by atoms with Crippen LogP contribution in [-0.2, 0) is 6.54 Å². The molecule has 0 bridgehead atoms. The molecule has 1 aromatic heterocycles. The number of pyridine rings is 1. The maximum absolute atomic E-state index is 13.7. The predicted molar refractivity (Wildman–Crippen MR) is 74.9 cm³/mol. The van der Waals surface area contributed by atoms with Gasteiger partial charge in [-0.2, -0.15) is 0 Å². The number of rotatable bonds is 4. The Balaban J connectivity index is 2.12. The van der Waals surface area contributed by atoms with Crippen LogP contribution < -0.4 is 5.73 Å². The Bertz CT molecular complexity index is 557. The van der Waals surface area contributed by atoms with Crippen LogP contribution in [0.15, 0.2) is 42.5 Å². The summed E-state index contributed by atoms with van der Waals surface area (Å²) in [6.07, 6.45) is 0. The molecule has 0 aliphatic rings. The monoisotopic (exact) mass is 259 g/mol. The maximum Gasteiger partial charge on any atom is 0.127 e. The molecule has 100 valence electrons. The molecular formula is C15H18FN3. The minimum Gasteiger partial charge on any atom is -0.384 e. The SMILES string of the molecule is CC(c1ccccc1F)N(C)Cc1cccc(N)n1. The highest BCUT2D eigenvalue weighted by Gasteiger charge is 2.15. The van der Waals surface area contributed by atoms with Crippen molar-refractivity contribution in [1.29, 1.82) is 0 Å². The van der Waals surface area contributed by atoms with E-state index in [0.29, 0.717) is 17.9 Å².